The van der Waals surface area contributed by atoms with Crippen LogP contribution >= 0.6 is 12.4 Å². The Morgan fingerprint density at radius 2 is 2.04 bits per heavy atom. The summed E-state index contributed by atoms with van der Waals surface area (Å²) in [5.74, 6) is -0.101. The average Bonchev–Trinajstić information content (AvgIpc) is 2.62. The van der Waals surface area contributed by atoms with Crippen molar-refractivity contribution in [1.82, 2.24) is 10.6 Å². The first kappa shape index (κ1) is 22.4. The molecular weight excluding hydrogens is 370 g/mol. The Balaban J connectivity index is 0.00000338. The predicted octanol–water partition coefficient (Wildman–Crippen LogP) is 2.49. The van der Waals surface area contributed by atoms with Crippen LogP contribution in [0.2, 0.25) is 0 Å². The Morgan fingerprint density at radius 1 is 1.35 bits per heavy atom. The Morgan fingerprint density at radius 3 is 2.62 bits per heavy atom. The second kappa shape index (κ2) is 10.5. The molecule has 1 amide bonds. The normalized spacial score (nSPS) is 15.9. The van der Waals surface area contributed by atoms with Crippen LogP contribution in [0.5, 0.6) is 11.5 Å². The summed E-state index contributed by atoms with van der Waals surface area (Å²) in [6.45, 7) is 0.489. The van der Waals surface area contributed by atoms with Crippen molar-refractivity contribution < 1.29 is 27.8 Å². The van der Waals surface area contributed by atoms with E-state index < -0.39 is 12.2 Å². The van der Waals surface area contributed by atoms with Gasteiger partial charge in [0.25, 0.3) is 5.91 Å². The van der Waals surface area contributed by atoms with E-state index in [1.54, 1.807) is 25.1 Å². The Labute approximate surface area is 158 Å². The van der Waals surface area contributed by atoms with Crippen LogP contribution in [0.3, 0.4) is 0 Å². The second-order valence-corrected chi connectivity index (χ2v) is 5.69. The quantitative estimate of drug-likeness (QED) is 0.709. The largest absolute Gasteiger partial charge is 0.490 e. The van der Waals surface area contributed by atoms with Gasteiger partial charge in [-0.1, -0.05) is 12.1 Å². The van der Waals surface area contributed by atoms with Crippen LogP contribution in [0.25, 0.3) is 0 Å². The number of para-hydroxylation sites is 1. The Hall–Kier alpha value is -1.64. The number of methoxy groups -OCH3 is 1. The van der Waals surface area contributed by atoms with Gasteiger partial charge in [0, 0.05) is 19.2 Å². The molecule has 1 aromatic carbocycles. The number of alkyl halides is 2. The number of hydrogen-bond acceptors (Lipinski definition) is 5. The first-order valence-electron chi connectivity index (χ1n) is 8.26. The highest BCUT2D eigenvalue weighted by molar-refractivity contribution is 5.85. The minimum Gasteiger partial charge on any atom is -0.490 e. The smallest absolute Gasteiger partial charge is 0.387 e. The van der Waals surface area contributed by atoms with Gasteiger partial charge in [-0.05, 0) is 38.9 Å². The molecule has 0 spiro atoms. The predicted molar refractivity (Wildman–Crippen MR) is 95.2 cm³/mol. The zero-order valence-corrected chi connectivity index (χ0v) is 15.7. The number of hydrogen-bond donors (Lipinski definition) is 2. The number of amides is 1. The fourth-order valence-corrected chi connectivity index (χ4v) is 2.88. The highest BCUT2D eigenvalue weighted by atomic mass is 35.5. The third-order valence-electron chi connectivity index (χ3n) is 4.22. The van der Waals surface area contributed by atoms with E-state index in [4.69, 9.17) is 9.47 Å². The minimum absolute atomic E-state index is 0. The fourth-order valence-electron chi connectivity index (χ4n) is 2.88. The minimum atomic E-state index is -2.98. The van der Waals surface area contributed by atoms with Gasteiger partial charge >= 0.3 is 6.61 Å². The van der Waals surface area contributed by atoms with Crippen LogP contribution in [-0.2, 0) is 16.1 Å². The summed E-state index contributed by atoms with van der Waals surface area (Å²) in [7, 11) is 1.51. The van der Waals surface area contributed by atoms with Gasteiger partial charge in [-0.25, -0.2) is 0 Å². The third kappa shape index (κ3) is 5.43. The molecule has 1 aliphatic rings. The summed E-state index contributed by atoms with van der Waals surface area (Å²) < 4.78 is 40.9. The number of benzene rings is 1. The van der Waals surface area contributed by atoms with Crippen molar-refractivity contribution in [2.24, 2.45) is 0 Å². The molecule has 0 saturated carbocycles. The lowest BCUT2D eigenvalue weighted by atomic mass is 9.91. The first-order chi connectivity index (χ1) is 12.0. The van der Waals surface area contributed by atoms with Crippen LogP contribution in [0, 0.1) is 0 Å². The molecule has 1 saturated heterocycles. The topological polar surface area (TPSA) is 68.8 Å². The van der Waals surface area contributed by atoms with Crippen molar-refractivity contribution in [3.8, 4) is 11.5 Å². The van der Waals surface area contributed by atoms with Crippen molar-refractivity contribution in [3.63, 3.8) is 0 Å². The molecule has 1 heterocycles. The maximum absolute atomic E-state index is 12.7. The van der Waals surface area contributed by atoms with Crippen molar-refractivity contribution in [2.75, 3.05) is 26.8 Å². The molecule has 9 heteroatoms. The van der Waals surface area contributed by atoms with Crippen molar-refractivity contribution in [1.29, 1.82) is 0 Å². The van der Waals surface area contributed by atoms with Crippen LogP contribution in [0.4, 0.5) is 8.78 Å². The molecule has 1 fully saturated rings. The van der Waals surface area contributed by atoms with Gasteiger partial charge in [0.1, 0.15) is 5.60 Å². The summed E-state index contributed by atoms with van der Waals surface area (Å²) in [4.78, 5) is 12.6. The molecular formula is C17H25ClF2N2O4. The molecule has 2 rings (SSSR count). The summed E-state index contributed by atoms with van der Waals surface area (Å²) >= 11 is 0. The summed E-state index contributed by atoms with van der Waals surface area (Å²) in [6, 6.07) is 4.83. The van der Waals surface area contributed by atoms with E-state index in [0.29, 0.717) is 38.1 Å². The molecule has 2 N–H and O–H groups in total. The van der Waals surface area contributed by atoms with Crippen LogP contribution in [0.1, 0.15) is 25.3 Å². The van der Waals surface area contributed by atoms with E-state index in [-0.39, 0.29) is 36.4 Å². The van der Waals surface area contributed by atoms with Crippen molar-refractivity contribution in [3.05, 3.63) is 23.8 Å². The van der Waals surface area contributed by atoms with E-state index in [9.17, 15) is 13.6 Å². The molecule has 0 atom stereocenters. The SMILES string of the molecule is CCOc1cccc(CNC(=O)C2(OC)CCNCC2)c1OC(F)F.Cl. The Kier molecular flexibility index (Phi) is 9.04. The molecule has 0 bridgehead atoms. The van der Waals surface area contributed by atoms with Gasteiger partial charge in [0.2, 0.25) is 0 Å². The van der Waals surface area contributed by atoms with Gasteiger partial charge in [-0.15, -0.1) is 12.4 Å². The second-order valence-electron chi connectivity index (χ2n) is 5.69. The average molecular weight is 395 g/mol. The number of carbonyl (C=O) groups is 1. The van der Waals surface area contributed by atoms with Crippen LogP contribution in [0.15, 0.2) is 18.2 Å². The van der Waals surface area contributed by atoms with Gasteiger partial charge in [-0.3, -0.25) is 4.79 Å². The number of ether oxygens (including phenoxy) is 3. The van der Waals surface area contributed by atoms with E-state index >= 15 is 0 Å². The lowest BCUT2D eigenvalue weighted by molar-refractivity contribution is -0.146. The third-order valence-corrected chi connectivity index (χ3v) is 4.22. The molecule has 0 unspecified atom stereocenters. The molecule has 1 aliphatic heterocycles. The maximum Gasteiger partial charge on any atom is 0.387 e. The van der Waals surface area contributed by atoms with Crippen molar-refractivity contribution >= 4 is 18.3 Å². The number of nitrogens with one attached hydrogen (secondary N) is 2. The molecule has 0 radical (unpaired) electrons. The van der Waals surface area contributed by atoms with E-state index in [1.165, 1.54) is 7.11 Å². The molecule has 0 aromatic heterocycles. The number of halogens is 3. The highest BCUT2D eigenvalue weighted by Crippen LogP contribution is 2.33. The van der Waals surface area contributed by atoms with Crippen LogP contribution < -0.4 is 20.1 Å². The number of carbonyl (C=O) groups excluding carboxylic acids is 1. The zero-order chi connectivity index (χ0) is 18.3. The summed E-state index contributed by atoms with van der Waals surface area (Å²) in [5.41, 5.74) is -0.480. The first-order valence-corrected chi connectivity index (χ1v) is 8.26. The highest BCUT2D eigenvalue weighted by Gasteiger charge is 2.39. The number of piperidine rings is 1. The van der Waals surface area contributed by atoms with Crippen molar-refractivity contribution in [2.45, 2.75) is 38.5 Å². The lowest BCUT2D eigenvalue weighted by Crippen LogP contribution is -2.53. The summed E-state index contributed by atoms with van der Waals surface area (Å²) in [6.07, 6.45) is 1.10. The van der Waals surface area contributed by atoms with Gasteiger partial charge in [0.15, 0.2) is 11.5 Å². The number of rotatable bonds is 8. The fraction of sp³-hybridized carbons (Fsp3) is 0.588. The lowest BCUT2D eigenvalue weighted by Gasteiger charge is -2.34. The molecule has 0 aliphatic carbocycles. The van der Waals surface area contributed by atoms with Crippen LogP contribution in [-0.4, -0.2) is 44.9 Å². The molecule has 148 valence electrons. The molecule has 1 aromatic rings. The summed E-state index contributed by atoms with van der Waals surface area (Å²) in [5, 5.41) is 5.95. The zero-order valence-electron chi connectivity index (χ0n) is 14.8. The molecule has 6 nitrogen and oxygen atoms in total. The van der Waals surface area contributed by atoms with Gasteiger partial charge < -0.3 is 24.8 Å². The maximum atomic E-state index is 12.7. The molecule has 26 heavy (non-hydrogen) atoms. The van der Waals surface area contributed by atoms with E-state index in [0.717, 1.165) is 0 Å². The standard InChI is InChI=1S/C17H24F2N2O4.ClH/c1-3-24-13-6-4-5-12(14(13)25-16(18)19)11-21-15(22)17(23-2)7-9-20-10-8-17;/h4-6,16,20H,3,7-11H2,1-2H3,(H,21,22);1H. The van der Waals surface area contributed by atoms with E-state index in [1.807, 2.05) is 0 Å². The monoisotopic (exact) mass is 394 g/mol. The van der Waals surface area contributed by atoms with E-state index in [2.05, 4.69) is 15.4 Å². The van der Waals surface area contributed by atoms with Gasteiger partial charge in [0.05, 0.1) is 6.61 Å². The Bertz CT molecular complexity index is 584. The van der Waals surface area contributed by atoms with Gasteiger partial charge in [-0.2, -0.15) is 8.78 Å².